The first-order chi connectivity index (χ1) is 11.4. The van der Waals surface area contributed by atoms with Crippen LogP contribution in [0.1, 0.15) is 36.4 Å². The lowest BCUT2D eigenvalue weighted by Crippen LogP contribution is -2.43. The number of hydrogen-bond donors (Lipinski definition) is 1. The van der Waals surface area contributed by atoms with Crippen LogP contribution >= 0.6 is 15.9 Å². The highest BCUT2D eigenvalue weighted by atomic mass is 79.9. The minimum Gasteiger partial charge on any atom is -0.360 e. The largest absolute Gasteiger partial charge is 0.360 e. The molecule has 7 heteroatoms. The molecule has 1 unspecified atom stereocenters. The van der Waals surface area contributed by atoms with Crippen molar-refractivity contribution in [1.29, 1.82) is 0 Å². The predicted molar refractivity (Wildman–Crippen MR) is 94.8 cm³/mol. The highest BCUT2D eigenvalue weighted by Gasteiger charge is 2.23. The highest BCUT2D eigenvalue weighted by molar-refractivity contribution is 9.10. The molecule has 0 saturated heterocycles. The van der Waals surface area contributed by atoms with Crippen LogP contribution in [0, 0.1) is 6.92 Å². The summed E-state index contributed by atoms with van der Waals surface area (Å²) in [6.07, 6.45) is 0.749. The summed E-state index contributed by atoms with van der Waals surface area (Å²) in [5.41, 5.74) is 0.545. The quantitative estimate of drug-likeness (QED) is 0.812. The molecule has 2 aromatic rings. The van der Waals surface area contributed by atoms with Gasteiger partial charge in [-0.2, -0.15) is 0 Å². The maximum Gasteiger partial charge on any atom is 0.254 e. The number of rotatable bonds is 6. The van der Waals surface area contributed by atoms with Crippen molar-refractivity contribution >= 4 is 33.6 Å². The van der Waals surface area contributed by atoms with Gasteiger partial charge in [0.15, 0.2) is 5.82 Å². The molecule has 2 rings (SSSR count). The number of nitrogens with one attached hydrogen (secondary N) is 1. The van der Waals surface area contributed by atoms with Crippen LogP contribution in [0.5, 0.6) is 0 Å². The predicted octanol–water partition coefficient (Wildman–Crippen LogP) is 3.62. The molecule has 0 spiro atoms. The molecule has 1 heterocycles. The van der Waals surface area contributed by atoms with Crippen molar-refractivity contribution in [2.45, 2.75) is 33.2 Å². The van der Waals surface area contributed by atoms with Crippen molar-refractivity contribution in [3.05, 3.63) is 46.1 Å². The number of amides is 2. The zero-order valence-corrected chi connectivity index (χ0v) is 15.5. The zero-order chi connectivity index (χ0) is 17.7. The molecule has 1 aromatic heterocycles. The third kappa shape index (κ3) is 4.67. The van der Waals surface area contributed by atoms with Gasteiger partial charge < -0.3 is 14.7 Å². The van der Waals surface area contributed by atoms with Crippen LogP contribution < -0.4 is 5.32 Å². The molecule has 2 amide bonds. The summed E-state index contributed by atoms with van der Waals surface area (Å²) in [7, 11) is 0. The molecule has 1 aromatic carbocycles. The SMILES string of the molecule is CCC(C)N(CC(=O)Nc1cc(C)on1)C(=O)c1ccc(Br)cc1. The van der Waals surface area contributed by atoms with Gasteiger partial charge in [0, 0.05) is 22.1 Å². The summed E-state index contributed by atoms with van der Waals surface area (Å²) >= 11 is 3.35. The maximum absolute atomic E-state index is 12.7. The Bertz CT molecular complexity index is 712. The van der Waals surface area contributed by atoms with Gasteiger partial charge in [-0.25, -0.2) is 0 Å². The Kier molecular flexibility index (Phi) is 6.14. The van der Waals surface area contributed by atoms with Gasteiger partial charge in [-0.3, -0.25) is 9.59 Å². The number of carbonyl (C=O) groups is 2. The topological polar surface area (TPSA) is 75.4 Å². The number of nitrogens with zero attached hydrogens (tertiary/aromatic N) is 2. The Labute approximate surface area is 149 Å². The zero-order valence-electron chi connectivity index (χ0n) is 13.9. The summed E-state index contributed by atoms with van der Waals surface area (Å²) < 4.78 is 5.81. The van der Waals surface area contributed by atoms with Crippen molar-refractivity contribution in [2.75, 3.05) is 11.9 Å². The Balaban J connectivity index is 2.11. The molecule has 0 bridgehead atoms. The van der Waals surface area contributed by atoms with E-state index in [1.807, 2.05) is 13.8 Å². The van der Waals surface area contributed by atoms with E-state index in [4.69, 9.17) is 4.52 Å². The third-order valence-electron chi connectivity index (χ3n) is 3.68. The van der Waals surface area contributed by atoms with Gasteiger partial charge in [-0.05, 0) is 44.5 Å². The summed E-state index contributed by atoms with van der Waals surface area (Å²) in [5.74, 6) is 0.463. The molecule has 0 saturated carbocycles. The summed E-state index contributed by atoms with van der Waals surface area (Å²) in [4.78, 5) is 26.6. The molecule has 0 fully saturated rings. The van der Waals surface area contributed by atoms with E-state index in [1.165, 1.54) is 0 Å². The summed E-state index contributed by atoms with van der Waals surface area (Å²) in [6, 6.07) is 8.65. The van der Waals surface area contributed by atoms with Crippen molar-refractivity contribution in [3.63, 3.8) is 0 Å². The monoisotopic (exact) mass is 393 g/mol. The fourth-order valence-electron chi connectivity index (χ4n) is 2.17. The number of aryl methyl sites for hydroxylation is 1. The average molecular weight is 394 g/mol. The molecule has 0 aliphatic heterocycles. The Morgan fingerprint density at radius 3 is 2.54 bits per heavy atom. The van der Waals surface area contributed by atoms with Gasteiger partial charge in [-0.15, -0.1) is 0 Å². The van der Waals surface area contributed by atoms with Crippen molar-refractivity contribution in [1.82, 2.24) is 10.1 Å². The number of halogens is 1. The molecule has 1 N–H and O–H groups in total. The fourth-order valence-corrected chi connectivity index (χ4v) is 2.43. The molecule has 6 nitrogen and oxygen atoms in total. The molecule has 24 heavy (non-hydrogen) atoms. The lowest BCUT2D eigenvalue weighted by atomic mass is 10.1. The number of anilines is 1. The lowest BCUT2D eigenvalue weighted by molar-refractivity contribution is -0.117. The second-order valence-corrected chi connectivity index (χ2v) is 6.48. The van der Waals surface area contributed by atoms with E-state index in [9.17, 15) is 9.59 Å². The minimum atomic E-state index is -0.311. The lowest BCUT2D eigenvalue weighted by Gasteiger charge is -2.28. The van der Waals surface area contributed by atoms with Gasteiger partial charge in [0.2, 0.25) is 5.91 Å². The second-order valence-electron chi connectivity index (χ2n) is 5.57. The van der Waals surface area contributed by atoms with E-state index >= 15 is 0 Å². The molecule has 128 valence electrons. The van der Waals surface area contributed by atoms with Crippen LogP contribution in [0.2, 0.25) is 0 Å². The summed E-state index contributed by atoms with van der Waals surface area (Å²) in [6.45, 7) is 5.59. The molecular formula is C17H20BrN3O3. The molecule has 0 radical (unpaired) electrons. The number of benzene rings is 1. The van der Waals surface area contributed by atoms with Crippen LogP contribution in [0.4, 0.5) is 5.82 Å². The van der Waals surface area contributed by atoms with Crippen LogP contribution in [0.25, 0.3) is 0 Å². The number of hydrogen-bond acceptors (Lipinski definition) is 4. The van der Waals surface area contributed by atoms with Gasteiger partial charge in [0.25, 0.3) is 5.91 Å². The second kappa shape index (κ2) is 8.10. The van der Waals surface area contributed by atoms with Crippen molar-refractivity contribution < 1.29 is 14.1 Å². The minimum absolute atomic E-state index is 0.0458. The standard InChI is InChI=1S/C17H20BrN3O3/c1-4-11(2)21(17(23)13-5-7-14(18)8-6-13)10-16(22)19-15-9-12(3)24-20-15/h5-9,11H,4,10H2,1-3H3,(H,19,20,22). The van der Waals surface area contributed by atoms with E-state index in [0.29, 0.717) is 17.1 Å². The third-order valence-corrected chi connectivity index (χ3v) is 4.21. The van der Waals surface area contributed by atoms with E-state index in [0.717, 1.165) is 10.9 Å². The van der Waals surface area contributed by atoms with E-state index in [-0.39, 0.29) is 24.4 Å². The average Bonchev–Trinajstić information content (AvgIpc) is 2.96. The van der Waals surface area contributed by atoms with E-state index in [2.05, 4.69) is 26.4 Å². The summed E-state index contributed by atoms with van der Waals surface area (Å²) in [5, 5.41) is 6.37. The van der Waals surface area contributed by atoms with Gasteiger partial charge >= 0.3 is 0 Å². The van der Waals surface area contributed by atoms with Crippen LogP contribution in [0.3, 0.4) is 0 Å². The number of carbonyl (C=O) groups excluding carboxylic acids is 2. The van der Waals surface area contributed by atoms with E-state index < -0.39 is 0 Å². The molecule has 0 aliphatic rings. The van der Waals surface area contributed by atoms with Gasteiger partial charge in [-0.1, -0.05) is 28.0 Å². The molecule has 1 atom stereocenters. The van der Waals surface area contributed by atoms with Crippen molar-refractivity contribution in [2.24, 2.45) is 0 Å². The van der Waals surface area contributed by atoms with Gasteiger partial charge in [0.05, 0.1) is 0 Å². The maximum atomic E-state index is 12.7. The van der Waals surface area contributed by atoms with Crippen LogP contribution in [-0.2, 0) is 4.79 Å². The number of aromatic nitrogens is 1. The van der Waals surface area contributed by atoms with E-state index in [1.54, 1.807) is 42.2 Å². The molecule has 0 aliphatic carbocycles. The first-order valence-electron chi connectivity index (χ1n) is 7.70. The molecular weight excluding hydrogens is 374 g/mol. The first-order valence-corrected chi connectivity index (χ1v) is 8.49. The normalized spacial score (nSPS) is 11.8. The smallest absolute Gasteiger partial charge is 0.254 e. The van der Waals surface area contributed by atoms with Crippen LogP contribution in [0.15, 0.2) is 39.3 Å². The van der Waals surface area contributed by atoms with Crippen molar-refractivity contribution in [3.8, 4) is 0 Å². The van der Waals surface area contributed by atoms with Gasteiger partial charge in [0.1, 0.15) is 12.3 Å². The first kappa shape index (κ1) is 18.2. The Morgan fingerprint density at radius 1 is 1.33 bits per heavy atom. The fraction of sp³-hybridized carbons (Fsp3) is 0.353. The Hall–Kier alpha value is -2.15. The van der Waals surface area contributed by atoms with Crippen LogP contribution in [-0.4, -0.2) is 34.5 Å². The highest BCUT2D eigenvalue weighted by Crippen LogP contribution is 2.15. The Morgan fingerprint density at radius 2 is 2.00 bits per heavy atom.